The number of nitrogens with zero attached hydrogens (tertiary/aromatic N) is 1. The van der Waals surface area contributed by atoms with Gasteiger partial charge in [-0.2, -0.15) is 0 Å². The van der Waals surface area contributed by atoms with Crippen molar-refractivity contribution in [2.75, 3.05) is 19.6 Å². The summed E-state index contributed by atoms with van der Waals surface area (Å²) in [4.78, 5) is 14.2. The molecule has 1 aliphatic heterocycles. The van der Waals surface area contributed by atoms with E-state index in [1.807, 2.05) is 0 Å². The molecule has 0 bridgehead atoms. The van der Waals surface area contributed by atoms with E-state index in [-0.39, 0.29) is 5.91 Å². The third-order valence-corrected chi connectivity index (χ3v) is 4.55. The zero-order valence-corrected chi connectivity index (χ0v) is 11.2. The molecule has 1 saturated heterocycles. The average molecular weight is 248 g/mol. The molecule has 3 heteroatoms. The van der Waals surface area contributed by atoms with Gasteiger partial charge >= 0.3 is 0 Å². The highest BCUT2D eigenvalue weighted by atomic mass is 16.2. The van der Waals surface area contributed by atoms with Crippen molar-refractivity contribution >= 4 is 5.91 Å². The minimum atomic E-state index is 0.240. The highest BCUT2D eigenvalue weighted by Crippen LogP contribution is 2.35. The number of carbonyl (C=O) groups is 1. The monoisotopic (exact) mass is 248 g/mol. The molecule has 1 heterocycles. The maximum atomic E-state index is 11.9. The Morgan fingerprint density at radius 2 is 1.67 bits per heavy atom. The minimum absolute atomic E-state index is 0.240. The van der Waals surface area contributed by atoms with E-state index in [0.29, 0.717) is 12.6 Å². The summed E-state index contributed by atoms with van der Waals surface area (Å²) in [5.74, 6) is 0.240. The van der Waals surface area contributed by atoms with Crippen LogP contribution in [0.4, 0.5) is 0 Å². The van der Waals surface area contributed by atoms with Gasteiger partial charge in [0.1, 0.15) is 0 Å². The minimum Gasteiger partial charge on any atom is -0.352 e. The first kappa shape index (κ1) is 12.2. The van der Waals surface area contributed by atoms with E-state index in [9.17, 15) is 4.79 Å². The second kappa shape index (κ2) is 5.43. The maximum absolute atomic E-state index is 11.9. The number of rotatable bonds is 3. The molecule has 18 heavy (non-hydrogen) atoms. The Hall–Kier alpha value is -0.830. The lowest BCUT2D eigenvalue weighted by atomic mass is 10.0. The number of nitrogens with one attached hydrogen (secondary N) is 1. The van der Waals surface area contributed by atoms with Gasteiger partial charge in [-0.05, 0) is 38.5 Å². The summed E-state index contributed by atoms with van der Waals surface area (Å²) in [6.07, 6.45) is 10.0. The molecular formula is C15H24N2O. The lowest BCUT2D eigenvalue weighted by Crippen LogP contribution is -2.43. The number of piperidine rings is 1. The summed E-state index contributed by atoms with van der Waals surface area (Å²) in [6.45, 7) is 2.77. The molecule has 100 valence electrons. The van der Waals surface area contributed by atoms with Gasteiger partial charge in [-0.3, -0.25) is 9.69 Å². The average Bonchev–Trinajstić information content (AvgIpc) is 3.09. The van der Waals surface area contributed by atoms with Gasteiger partial charge in [0, 0.05) is 19.1 Å². The molecule has 0 radical (unpaired) electrons. The zero-order valence-electron chi connectivity index (χ0n) is 11.2. The molecule has 0 unspecified atom stereocenters. The number of likely N-dealkylation sites (tertiary alicyclic amines) is 1. The zero-order chi connectivity index (χ0) is 12.4. The van der Waals surface area contributed by atoms with Crippen molar-refractivity contribution in [3.05, 3.63) is 11.1 Å². The van der Waals surface area contributed by atoms with Crippen LogP contribution in [-0.2, 0) is 4.79 Å². The number of amides is 1. The molecule has 0 aromatic rings. The first-order valence-electron chi connectivity index (χ1n) is 7.53. The van der Waals surface area contributed by atoms with Gasteiger partial charge in [0.15, 0.2) is 0 Å². The van der Waals surface area contributed by atoms with Gasteiger partial charge in [0.05, 0.1) is 6.54 Å². The molecule has 0 aromatic heterocycles. The third-order valence-electron chi connectivity index (χ3n) is 4.55. The van der Waals surface area contributed by atoms with Crippen molar-refractivity contribution in [2.24, 2.45) is 0 Å². The molecule has 3 rings (SSSR count). The topological polar surface area (TPSA) is 32.3 Å². The molecule has 3 aliphatic rings. The first-order valence-corrected chi connectivity index (χ1v) is 7.53. The summed E-state index contributed by atoms with van der Waals surface area (Å²) in [6, 6.07) is 0.464. The predicted octanol–water partition coefficient (Wildman–Crippen LogP) is 2.23. The molecule has 1 amide bonds. The second-order valence-corrected chi connectivity index (χ2v) is 6.03. The van der Waals surface area contributed by atoms with Crippen molar-refractivity contribution in [1.29, 1.82) is 0 Å². The lowest BCUT2D eigenvalue weighted by Gasteiger charge is -2.28. The Bertz CT molecular complexity index is 340. The molecule has 2 saturated carbocycles. The van der Waals surface area contributed by atoms with Crippen LogP contribution in [0.2, 0.25) is 0 Å². The molecule has 2 aliphatic carbocycles. The number of hydrogen-bond acceptors (Lipinski definition) is 2. The number of carbonyl (C=O) groups excluding carboxylic acids is 1. The van der Waals surface area contributed by atoms with Gasteiger partial charge < -0.3 is 5.32 Å². The van der Waals surface area contributed by atoms with E-state index in [4.69, 9.17) is 0 Å². The molecule has 1 N–H and O–H groups in total. The SMILES string of the molecule is O=C(CN1CCC(=C2CC2)CC1)NC1CCCC1. The van der Waals surface area contributed by atoms with Crippen LogP contribution in [0.1, 0.15) is 51.4 Å². The van der Waals surface area contributed by atoms with Crippen LogP contribution < -0.4 is 5.32 Å². The molecule has 0 spiro atoms. The van der Waals surface area contributed by atoms with Crippen LogP contribution in [0.3, 0.4) is 0 Å². The van der Waals surface area contributed by atoms with Crippen LogP contribution in [0.15, 0.2) is 11.1 Å². The van der Waals surface area contributed by atoms with Crippen LogP contribution in [0.5, 0.6) is 0 Å². The van der Waals surface area contributed by atoms with Gasteiger partial charge in [-0.1, -0.05) is 24.0 Å². The summed E-state index contributed by atoms with van der Waals surface area (Å²) in [5, 5.41) is 3.18. The Morgan fingerprint density at radius 1 is 1.06 bits per heavy atom. The van der Waals surface area contributed by atoms with Crippen molar-refractivity contribution in [2.45, 2.75) is 57.4 Å². The quantitative estimate of drug-likeness (QED) is 0.777. The van der Waals surface area contributed by atoms with Crippen LogP contribution >= 0.6 is 0 Å². The van der Waals surface area contributed by atoms with E-state index >= 15 is 0 Å². The Balaban J connectivity index is 1.40. The van der Waals surface area contributed by atoms with Crippen molar-refractivity contribution in [1.82, 2.24) is 10.2 Å². The van der Waals surface area contributed by atoms with Crippen molar-refractivity contribution in [3.63, 3.8) is 0 Å². The number of allylic oxidation sites excluding steroid dienone is 1. The Kier molecular flexibility index (Phi) is 3.69. The van der Waals surface area contributed by atoms with E-state index in [1.165, 1.54) is 51.4 Å². The van der Waals surface area contributed by atoms with E-state index in [1.54, 1.807) is 11.1 Å². The summed E-state index contributed by atoms with van der Waals surface area (Å²) >= 11 is 0. The van der Waals surface area contributed by atoms with Crippen molar-refractivity contribution in [3.8, 4) is 0 Å². The summed E-state index contributed by atoms with van der Waals surface area (Å²) in [7, 11) is 0. The summed E-state index contributed by atoms with van der Waals surface area (Å²) in [5.41, 5.74) is 3.41. The largest absolute Gasteiger partial charge is 0.352 e. The van der Waals surface area contributed by atoms with Gasteiger partial charge in [0.25, 0.3) is 0 Å². The van der Waals surface area contributed by atoms with E-state index in [2.05, 4.69) is 10.2 Å². The predicted molar refractivity (Wildman–Crippen MR) is 72.3 cm³/mol. The first-order chi connectivity index (χ1) is 8.81. The van der Waals surface area contributed by atoms with Crippen LogP contribution in [0.25, 0.3) is 0 Å². The standard InChI is InChI=1S/C15H24N2O/c18-15(16-14-3-1-2-4-14)11-17-9-7-13(8-10-17)12-5-6-12/h14H,1-11H2,(H,16,18). The second-order valence-electron chi connectivity index (χ2n) is 6.03. The number of hydrogen-bond donors (Lipinski definition) is 1. The fourth-order valence-electron chi connectivity index (χ4n) is 3.30. The van der Waals surface area contributed by atoms with Crippen LogP contribution in [0, 0.1) is 0 Å². The third kappa shape index (κ3) is 3.14. The highest BCUT2D eigenvalue weighted by Gasteiger charge is 2.24. The Labute approximate surface area is 110 Å². The van der Waals surface area contributed by atoms with Gasteiger partial charge in [-0.25, -0.2) is 0 Å². The fraction of sp³-hybridized carbons (Fsp3) is 0.800. The highest BCUT2D eigenvalue weighted by molar-refractivity contribution is 5.78. The van der Waals surface area contributed by atoms with Crippen molar-refractivity contribution < 1.29 is 4.79 Å². The molecular weight excluding hydrogens is 224 g/mol. The molecule has 0 atom stereocenters. The fourth-order valence-corrected chi connectivity index (χ4v) is 3.30. The molecule has 0 aromatic carbocycles. The van der Waals surface area contributed by atoms with E-state index in [0.717, 1.165) is 13.1 Å². The van der Waals surface area contributed by atoms with Gasteiger partial charge in [-0.15, -0.1) is 0 Å². The molecule has 3 nitrogen and oxygen atoms in total. The Morgan fingerprint density at radius 3 is 2.28 bits per heavy atom. The molecule has 3 fully saturated rings. The van der Waals surface area contributed by atoms with E-state index < -0.39 is 0 Å². The van der Waals surface area contributed by atoms with Gasteiger partial charge in [0.2, 0.25) is 5.91 Å². The maximum Gasteiger partial charge on any atom is 0.234 e. The normalized spacial score (nSPS) is 25.6. The lowest BCUT2D eigenvalue weighted by molar-refractivity contribution is -0.123. The smallest absolute Gasteiger partial charge is 0.234 e. The van der Waals surface area contributed by atoms with Crippen LogP contribution in [-0.4, -0.2) is 36.5 Å². The summed E-state index contributed by atoms with van der Waals surface area (Å²) < 4.78 is 0.